The highest BCUT2D eigenvalue weighted by molar-refractivity contribution is 6.32. The van der Waals surface area contributed by atoms with Crippen LogP contribution in [0.5, 0.6) is 0 Å². The molecule has 8 heteroatoms. The number of carbonyl (C=O) groups excluding carboxylic acids is 1. The van der Waals surface area contributed by atoms with Gasteiger partial charge in [0.25, 0.3) is 5.56 Å². The minimum atomic E-state index is -0.671. The summed E-state index contributed by atoms with van der Waals surface area (Å²) >= 11 is 5.77. The Morgan fingerprint density at radius 1 is 1.50 bits per heavy atom. The van der Waals surface area contributed by atoms with E-state index >= 15 is 0 Å². The molecule has 2 heterocycles. The fourth-order valence-electron chi connectivity index (χ4n) is 2.50. The van der Waals surface area contributed by atoms with Crippen LogP contribution in [0.15, 0.2) is 10.9 Å². The number of H-pyrrole nitrogens is 1. The molecular formula is C14H16ClN5O2. The number of aromatic amines is 1. The van der Waals surface area contributed by atoms with Gasteiger partial charge in [-0.05, 0) is 33.1 Å². The van der Waals surface area contributed by atoms with Crippen molar-refractivity contribution in [3.05, 3.63) is 33.4 Å². The number of halogens is 1. The molecule has 0 fully saturated rings. The first-order valence-electron chi connectivity index (χ1n) is 7.09. The fraction of sp³-hybridized carbons (Fsp3) is 0.429. The number of amides is 1. The Morgan fingerprint density at radius 2 is 2.27 bits per heavy atom. The molecule has 3 rings (SSSR count). The summed E-state index contributed by atoms with van der Waals surface area (Å²) in [6, 6.07) is 1.70. The van der Waals surface area contributed by atoms with Crippen molar-refractivity contribution in [2.45, 2.75) is 38.5 Å². The van der Waals surface area contributed by atoms with Crippen LogP contribution in [0.1, 0.15) is 30.3 Å². The van der Waals surface area contributed by atoms with E-state index in [4.69, 9.17) is 11.6 Å². The minimum absolute atomic E-state index is 0.145. The van der Waals surface area contributed by atoms with Gasteiger partial charge in [-0.2, -0.15) is 9.78 Å². The van der Waals surface area contributed by atoms with Gasteiger partial charge in [0, 0.05) is 11.6 Å². The van der Waals surface area contributed by atoms with Gasteiger partial charge < -0.3 is 5.32 Å². The quantitative estimate of drug-likeness (QED) is 0.834. The predicted molar refractivity (Wildman–Crippen MR) is 82.7 cm³/mol. The average molecular weight is 322 g/mol. The van der Waals surface area contributed by atoms with Gasteiger partial charge in [-0.15, -0.1) is 11.6 Å². The maximum absolute atomic E-state index is 12.1. The van der Waals surface area contributed by atoms with Crippen LogP contribution >= 0.6 is 11.6 Å². The van der Waals surface area contributed by atoms with Crippen molar-refractivity contribution in [1.29, 1.82) is 0 Å². The molecule has 7 nitrogen and oxygen atoms in total. The molecule has 1 aliphatic rings. The van der Waals surface area contributed by atoms with Gasteiger partial charge in [0.05, 0.1) is 11.4 Å². The Morgan fingerprint density at radius 3 is 3.00 bits per heavy atom. The number of anilines is 1. The lowest BCUT2D eigenvalue weighted by Gasteiger charge is -2.09. The number of nitrogens with one attached hydrogen (secondary N) is 2. The van der Waals surface area contributed by atoms with Crippen LogP contribution in [-0.2, 0) is 17.6 Å². The molecule has 0 radical (unpaired) electrons. The van der Waals surface area contributed by atoms with Crippen LogP contribution in [0.25, 0.3) is 5.95 Å². The minimum Gasteiger partial charge on any atom is -0.309 e. The molecule has 1 atom stereocenters. The molecule has 1 amide bonds. The number of carbonyl (C=O) groups is 1. The van der Waals surface area contributed by atoms with Crippen molar-refractivity contribution >= 4 is 23.3 Å². The van der Waals surface area contributed by atoms with Gasteiger partial charge in [-0.1, -0.05) is 0 Å². The Balaban J connectivity index is 2.04. The van der Waals surface area contributed by atoms with E-state index < -0.39 is 5.38 Å². The lowest BCUT2D eigenvalue weighted by molar-refractivity contribution is -0.115. The zero-order valence-corrected chi connectivity index (χ0v) is 13.1. The number of alkyl halides is 1. The number of aromatic nitrogens is 4. The van der Waals surface area contributed by atoms with Crippen molar-refractivity contribution < 1.29 is 4.79 Å². The maximum Gasteiger partial charge on any atom is 0.255 e. The summed E-state index contributed by atoms with van der Waals surface area (Å²) in [4.78, 5) is 31.1. The van der Waals surface area contributed by atoms with Crippen molar-refractivity contribution in [3.63, 3.8) is 0 Å². The molecule has 0 saturated heterocycles. The molecule has 0 aliphatic heterocycles. The van der Waals surface area contributed by atoms with Crippen molar-refractivity contribution in [1.82, 2.24) is 19.7 Å². The summed E-state index contributed by atoms with van der Waals surface area (Å²) in [7, 11) is 0. The lowest BCUT2D eigenvalue weighted by Crippen LogP contribution is -2.24. The molecule has 2 aromatic heterocycles. The number of rotatable bonds is 3. The third-order valence-corrected chi connectivity index (χ3v) is 3.77. The molecule has 2 N–H and O–H groups in total. The lowest BCUT2D eigenvalue weighted by atomic mass is 10.3. The summed E-state index contributed by atoms with van der Waals surface area (Å²) < 4.78 is 1.42. The van der Waals surface area contributed by atoms with Gasteiger partial charge >= 0.3 is 0 Å². The Labute approximate surface area is 131 Å². The molecule has 0 aromatic carbocycles. The van der Waals surface area contributed by atoms with Gasteiger partial charge in [0.2, 0.25) is 11.9 Å². The first kappa shape index (κ1) is 14.8. The monoisotopic (exact) mass is 321 g/mol. The highest BCUT2D eigenvalue weighted by Crippen LogP contribution is 2.19. The second kappa shape index (κ2) is 5.57. The van der Waals surface area contributed by atoms with E-state index in [-0.39, 0.29) is 11.5 Å². The molecule has 1 unspecified atom stereocenters. The standard InChI is InChI=1S/C14H16ClN5O2/c1-7-6-11(17-12(21)8(2)15)20(19-7)14-16-10-5-3-4-9(10)13(22)18-14/h6,8H,3-5H2,1-2H3,(H,17,21)(H,16,18,22). The number of nitrogens with zero attached hydrogens (tertiary/aromatic N) is 3. The topological polar surface area (TPSA) is 92.7 Å². The SMILES string of the molecule is Cc1cc(NC(=O)C(C)Cl)n(-c2nc3c(c(=O)[nH]2)CCC3)n1. The molecule has 0 spiro atoms. The van der Waals surface area contributed by atoms with Crippen LogP contribution in [-0.4, -0.2) is 31.0 Å². The van der Waals surface area contributed by atoms with E-state index in [1.807, 2.05) is 0 Å². The molecule has 2 aromatic rings. The zero-order chi connectivity index (χ0) is 15.9. The van der Waals surface area contributed by atoms with Crippen LogP contribution in [0, 0.1) is 6.92 Å². The van der Waals surface area contributed by atoms with Crippen molar-refractivity contribution in [3.8, 4) is 5.95 Å². The first-order valence-corrected chi connectivity index (χ1v) is 7.53. The first-order chi connectivity index (χ1) is 10.5. The Bertz CT molecular complexity index is 793. The van der Waals surface area contributed by atoms with Crippen LogP contribution < -0.4 is 10.9 Å². The Kier molecular flexibility index (Phi) is 3.74. The van der Waals surface area contributed by atoms with Gasteiger partial charge in [-0.25, -0.2) is 4.98 Å². The number of hydrogen-bond donors (Lipinski definition) is 2. The molecule has 0 saturated carbocycles. The summed E-state index contributed by atoms with van der Waals surface area (Å²) in [6.45, 7) is 3.38. The number of fused-ring (bicyclic) bond motifs is 1. The van der Waals surface area contributed by atoms with Crippen molar-refractivity contribution in [2.75, 3.05) is 5.32 Å². The Hall–Kier alpha value is -2.15. The average Bonchev–Trinajstić information content (AvgIpc) is 3.05. The van der Waals surface area contributed by atoms with Gasteiger partial charge in [-0.3, -0.25) is 14.6 Å². The molecule has 116 valence electrons. The number of aryl methyl sites for hydroxylation is 2. The van der Waals surface area contributed by atoms with E-state index in [9.17, 15) is 9.59 Å². The smallest absolute Gasteiger partial charge is 0.255 e. The second-order valence-electron chi connectivity index (χ2n) is 5.36. The van der Waals surface area contributed by atoms with Crippen LogP contribution in [0.3, 0.4) is 0 Å². The maximum atomic E-state index is 12.1. The van der Waals surface area contributed by atoms with E-state index in [0.29, 0.717) is 17.5 Å². The second-order valence-corrected chi connectivity index (χ2v) is 6.01. The van der Waals surface area contributed by atoms with E-state index in [1.165, 1.54) is 4.68 Å². The van der Waals surface area contributed by atoms with Gasteiger partial charge in [0.1, 0.15) is 11.2 Å². The fourth-order valence-corrected chi connectivity index (χ4v) is 2.56. The highest BCUT2D eigenvalue weighted by Gasteiger charge is 2.20. The van der Waals surface area contributed by atoms with Crippen molar-refractivity contribution in [2.24, 2.45) is 0 Å². The van der Waals surface area contributed by atoms with E-state index in [1.54, 1.807) is 19.9 Å². The summed E-state index contributed by atoms with van der Waals surface area (Å²) in [5.41, 5.74) is 2.09. The van der Waals surface area contributed by atoms with Crippen LogP contribution in [0.2, 0.25) is 0 Å². The molecule has 22 heavy (non-hydrogen) atoms. The summed E-state index contributed by atoms with van der Waals surface area (Å²) in [5, 5.41) is 6.30. The zero-order valence-electron chi connectivity index (χ0n) is 12.3. The third kappa shape index (κ3) is 2.64. The predicted octanol–water partition coefficient (Wildman–Crippen LogP) is 1.32. The highest BCUT2D eigenvalue weighted by atomic mass is 35.5. The third-order valence-electron chi connectivity index (χ3n) is 3.57. The number of hydrogen-bond acceptors (Lipinski definition) is 4. The molecule has 1 aliphatic carbocycles. The van der Waals surface area contributed by atoms with E-state index in [0.717, 1.165) is 30.5 Å². The largest absolute Gasteiger partial charge is 0.309 e. The molecular weight excluding hydrogens is 306 g/mol. The van der Waals surface area contributed by atoms with E-state index in [2.05, 4.69) is 20.4 Å². The normalized spacial score (nSPS) is 14.7. The van der Waals surface area contributed by atoms with Crippen LogP contribution in [0.4, 0.5) is 5.82 Å². The summed E-state index contributed by atoms with van der Waals surface area (Å²) in [6.07, 6.45) is 2.47. The van der Waals surface area contributed by atoms with Gasteiger partial charge in [0.15, 0.2) is 0 Å². The summed E-state index contributed by atoms with van der Waals surface area (Å²) in [5.74, 6) is 0.388. The molecule has 0 bridgehead atoms.